The van der Waals surface area contributed by atoms with Crippen molar-refractivity contribution in [2.75, 3.05) is 7.11 Å². The van der Waals surface area contributed by atoms with Gasteiger partial charge in [-0.25, -0.2) is 4.98 Å². The molecule has 0 bridgehead atoms. The summed E-state index contributed by atoms with van der Waals surface area (Å²) < 4.78 is 9.57. The van der Waals surface area contributed by atoms with Gasteiger partial charge in [0.15, 0.2) is 0 Å². The maximum absolute atomic E-state index is 10.5. The molecule has 0 N–H and O–H groups in total. The largest absolute Gasteiger partial charge is 0.478 e. The fourth-order valence-corrected chi connectivity index (χ4v) is 0.684. The predicted molar refractivity (Wildman–Crippen MR) is 39.9 cm³/mol. The van der Waals surface area contributed by atoms with Crippen LogP contribution in [0.5, 0.6) is 11.6 Å². The average Bonchev–Trinajstić information content (AvgIpc) is 2.04. The summed E-state index contributed by atoms with van der Waals surface area (Å²) in [6.45, 7) is 1.30. The van der Waals surface area contributed by atoms with Gasteiger partial charge in [-0.15, -0.1) is 0 Å². The molecule has 0 fully saturated rings. The summed E-state index contributed by atoms with van der Waals surface area (Å²) in [7, 11) is 1.44. The molecule has 1 aromatic heterocycles. The molecule has 1 aromatic rings. The molecule has 1 rings (SSSR count). The molecule has 0 spiro atoms. The average molecular weight is 168 g/mol. The van der Waals surface area contributed by atoms with E-state index < -0.39 is 5.97 Å². The van der Waals surface area contributed by atoms with Crippen molar-refractivity contribution in [3.63, 3.8) is 0 Å². The number of carbonyl (C=O) groups excluding carboxylic acids is 1. The second kappa shape index (κ2) is 3.66. The molecular weight excluding hydrogens is 160 g/mol. The first-order valence-corrected chi connectivity index (χ1v) is 3.26. The Kier molecular flexibility index (Phi) is 2.57. The maximum atomic E-state index is 10.5. The van der Waals surface area contributed by atoms with Crippen molar-refractivity contribution in [3.8, 4) is 11.6 Å². The highest BCUT2D eigenvalue weighted by Gasteiger charge is 2.06. The predicted octanol–water partition coefficient (Wildman–Crippen LogP) is 0.410. The van der Waals surface area contributed by atoms with E-state index in [4.69, 9.17) is 9.47 Å². The first-order valence-electron chi connectivity index (χ1n) is 3.26. The van der Waals surface area contributed by atoms with Crippen LogP contribution in [0.4, 0.5) is 0 Å². The quantitative estimate of drug-likeness (QED) is 0.598. The van der Waals surface area contributed by atoms with Crippen molar-refractivity contribution in [3.05, 3.63) is 12.5 Å². The lowest BCUT2D eigenvalue weighted by Crippen LogP contribution is -2.04. The Labute approximate surface area is 69.4 Å². The standard InChI is InChI=1S/C7H8N2O3/c1-5(10)12-6-3-8-4-9-7(6)11-2/h3-4H,1-2H3. The van der Waals surface area contributed by atoms with Crippen LogP contribution in [0, 0.1) is 0 Å². The van der Waals surface area contributed by atoms with Crippen molar-refractivity contribution in [1.82, 2.24) is 9.97 Å². The number of ether oxygens (including phenoxy) is 2. The third kappa shape index (κ3) is 1.91. The van der Waals surface area contributed by atoms with Crippen LogP contribution in [0.15, 0.2) is 12.5 Å². The van der Waals surface area contributed by atoms with Gasteiger partial charge in [0.05, 0.1) is 13.3 Å². The second-order valence-electron chi connectivity index (χ2n) is 1.99. The zero-order valence-electron chi connectivity index (χ0n) is 6.77. The lowest BCUT2D eigenvalue weighted by Gasteiger charge is -2.03. The first-order chi connectivity index (χ1) is 5.74. The number of hydrogen-bond donors (Lipinski definition) is 0. The molecule has 0 radical (unpaired) electrons. The van der Waals surface area contributed by atoms with E-state index in [0.29, 0.717) is 0 Å². The molecule has 0 atom stereocenters. The maximum Gasteiger partial charge on any atom is 0.308 e. The van der Waals surface area contributed by atoms with Crippen molar-refractivity contribution in [1.29, 1.82) is 0 Å². The van der Waals surface area contributed by atoms with E-state index in [0.717, 1.165) is 0 Å². The molecule has 12 heavy (non-hydrogen) atoms. The molecule has 0 aliphatic rings. The van der Waals surface area contributed by atoms with Crippen LogP contribution in [0.1, 0.15) is 6.92 Å². The number of esters is 1. The van der Waals surface area contributed by atoms with E-state index in [1.165, 1.54) is 26.6 Å². The van der Waals surface area contributed by atoms with Crippen molar-refractivity contribution >= 4 is 5.97 Å². The minimum atomic E-state index is -0.428. The van der Waals surface area contributed by atoms with Crippen LogP contribution in [0.2, 0.25) is 0 Å². The van der Waals surface area contributed by atoms with Gasteiger partial charge in [0.1, 0.15) is 6.33 Å². The third-order valence-corrected chi connectivity index (χ3v) is 1.09. The molecule has 1 heterocycles. The Balaban J connectivity index is 2.89. The molecular formula is C7H8N2O3. The van der Waals surface area contributed by atoms with E-state index in [-0.39, 0.29) is 11.6 Å². The molecule has 5 nitrogen and oxygen atoms in total. The summed E-state index contributed by atoms with van der Waals surface area (Å²) in [6.07, 6.45) is 2.68. The number of carbonyl (C=O) groups is 1. The third-order valence-electron chi connectivity index (χ3n) is 1.09. The van der Waals surface area contributed by atoms with Crippen molar-refractivity contribution < 1.29 is 14.3 Å². The Morgan fingerprint density at radius 3 is 2.92 bits per heavy atom. The summed E-state index contributed by atoms with van der Waals surface area (Å²) in [6, 6.07) is 0. The summed E-state index contributed by atoms with van der Waals surface area (Å²) in [5.41, 5.74) is 0. The fraction of sp³-hybridized carbons (Fsp3) is 0.286. The molecule has 64 valence electrons. The molecule has 0 unspecified atom stereocenters. The smallest absolute Gasteiger partial charge is 0.308 e. The highest BCUT2D eigenvalue weighted by atomic mass is 16.6. The van der Waals surface area contributed by atoms with Crippen LogP contribution in [0.3, 0.4) is 0 Å². The van der Waals surface area contributed by atoms with Gasteiger partial charge in [-0.2, -0.15) is 4.98 Å². The van der Waals surface area contributed by atoms with Crippen LogP contribution < -0.4 is 9.47 Å². The van der Waals surface area contributed by atoms with Crippen molar-refractivity contribution in [2.24, 2.45) is 0 Å². The Bertz CT molecular complexity index is 288. The monoisotopic (exact) mass is 168 g/mol. The summed E-state index contributed by atoms with van der Waals surface area (Å²) in [4.78, 5) is 18.0. The van der Waals surface area contributed by atoms with Crippen molar-refractivity contribution in [2.45, 2.75) is 6.92 Å². The summed E-state index contributed by atoms with van der Waals surface area (Å²) in [5.74, 6) is 0.0517. The van der Waals surface area contributed by atoms with Crippen LogP contribution in [-0.4, -0.2) is 23.0 Å². The number of methoxy groups -OCH3 is 1. The van der Waals surface area contributed by atoms with E-state index in [9.17, 15) is 4.79 Å². The minimum Gasteiger partial charge on any atom is -0.478 e. The lowest BCUT2D eigenvalue weighted by atomic mass is 10.5. The SMILES string of the molecule is COc1ncncc1OC(C)=O. The van der Waals surface area contributed by atoms with Crippen LogP contribution >= 0.6 is 0 Å². The van der Waals surface area contributed by atoms with Gasteiger partial charge in [0.2, 0.25) is 5.75 Å². The van der Waals surface area contributed by atoms with Gasteiger partial charge in [-0.3, -0.25) is 4.79 Å². The number of aromatic nitrogens is 2. The summed E-state index contributed by atoms with van der Waals surface area (Å²) >= 11 is 0. The topological polar surface area (TPSA) is 61.3 Å². The van der Waals surface area contributed by atoms with E-state index in [1.807, 2.05) is 0 Å². The van der Waals surface area contributed by atoms with Gasteiger partial charge >= 0.3 is 5.97 Å². The zero-order valence-corrected chi connectivity index (χ0v) is 6.77. The van der Waals surface area contributed by atoms with Crippen LogP contribution in [0.25, 0.3) is 0 Å². The van der Waals surface area contributed by atoms with E-state index >= 15 is 0 Å². The van der Waals surface area contributed by atoms with Gasteiger partial charge in [0, 0.05) is 6.92 Å². The van der Waals surface area contributed by atoms with E-state index in [2.05, 4.69) is 9.97 Å². The number of nitrogens with zero attached hydrogens (tertiary/aromatic N) is 2. The highest BCUT2D eigenvalue weighted by molar-refractivity contribution is 5.69. The zero-order chi connectivity index (χ0) is 8.97. The number of hydrogen-bond acceptors (Lipinski definition) is 5. The molecule has 0 aliphatic carbocycles. The Hall–Kier alpha value is -1.65. The normalized spacial score (nSPS) is 9.17. The Morgan fingerprint density at radius 1 is 1.58 bits per heavy atom. The minimum absolute atomic E-state index is 0.229. The lowest BCUT2D eigenvalue weighted by molar-refractivity contribution is -0.132. The second-order valence-corrected chi connectivity index (χ2v) is 1.99. The number of rotatable bonds is 2. The first kappa shape index (κ1) is 8.45. The van der Waals surface area contributed by atoms with Gasteiger partial charge in [0.25, 0.3) is 5.88 Å². The molecule has 0 aromatic carbocycles. The van der Waals surface area contributed by atoms with Gasteiger partial charge < -0.3 is 9.47 Å². The van der Waals surface area contributed by atoms with E-state index in [1.54, 1.807) is 0 Å². The molecule has 0 aliphatic heterocycles. The van der Waals surface area contributed by atoms with Gasteiger partial charge in [-0.05, 0) is 0 Å². The Morgan fingerprint density at radius 2 is 2.33 bits per heavy atom. The molecule has 0 amide bonds. The molecule has 5 heteroatoms. The molecule has 0 saturated heterocycles. The molecule has 0 saturated carbocycles. The fourth-order valence-electron chi connectivity index (χ4n) is 0.684. The highest BCUT2D eigenvalue weighted by Crippen LogP contribution is 2.21. The van der Waals surface area contributed by atoms with Crippen LogP contribution in [-0.2, 0) is 4.79 Å². The van der Waals surface area contributed by atoms with Gasteiger partial charge in [-0.1, -0.05) is 0 Å². The summed E-state index contributed by atoms with van der Waals surface area (Å²) in [5, 5.41) is 0.